The third-order valence-corrected chi connectivity index (χ3v) is 12.1. The number of quaternary nitrogens is 1. The van der Waals surface area contributed by atoms with E-state index in [1.54, 1.807) is 23.5 Å². The highest BCUT2D eigenvalue weighted by atomic mass is 35.5. The second kappa shape index (κ2) is 11.2. The van der Waals surface area contributed by atoms with Gasteiger partial charge in [0.25, 0.3) is 10.1 Å². The predicted molar refractivity (Wildman–Crippen MR) is 166 cm³/mol. The van der Waals surface area contributed by atoms with E-state index >= 15 is 0 Å². The normalized spacial score (nSPS) is 22.5. The van der Waals surface area contributed by atoms with E-state index in [-0.39, 0.29) is 16.7 Å². The van der Waals surface area contributed by atoms with Gasteiger partial charge in [-0.25, -0.2) is 4.48 Å². The zero-order chi connectivity index (χ0) is 28.9. The van der Waals surface area contributed by atoms with Gasteiger partial charge in [0.15, 0.2) is 10.7 Å². The first kappa shape index (κ1) is 29.8. The smallest absolute Gasteiger partial charge is 0.286 e. The van der Waals surface area contributed by atoms with Crippen molar-refractivity contribution in [1.82, 2.24) is 4.48 Å². The van der Waals surface area contributed by atoms with Crippen molar-refractivity contribution in [3.05, 3.63) is 85.7 Å². The van der Waals surface area contributed by atoms with Gasteiger partial charge in [0, 0.05) is 31.8 Å². The largest absolute Gasteiger partial charge is 0.320 e. The van der Waals surface area contributed by atoms with Gasteiger partial charge in [0.05, 0.1) is 23.6 Å². The number of halogens is 2. The lowest BCUT2D eigenvalue weighted by Crippen LogP contribution is -2.66. The molecule has 2 aromatic carbocycles. The van der Waals surface area contributed by atoms with E-state index in [1.807, 2.05) is 55.5 Å². The molecule has 1 aromatic heterocycles. The average Bonchev–Trinajstić information content (AvgIpc) is 3.34. The SMILES string of the molecule is CC(C=Cc1sc2ccc(Cl)cc2c1CCCS(=O)(=O)O)=CC=C1Sc2ccc(Cl)cc2[N+]12CCC2S(=O)(=O)O. The quantitative estimate of drug-likeness (QED) is 0.146. The zero-order valence-corrected chi connectivity index (χ0v) is 26.0. The number of hydrogen-bond acceptors (Lipinski definition) is 6. The maximum absolute atomic E-state index is 12.3. The van der Waals surface area contributed by atoms with E-state index in [1.165, 1.54) is 11.8 Å². The predicted octanol–water partition coefficient (Wildman–Crippen LogP) is 7.56. The van der Waals surface area contributed by atoms with E-state index < -0.39 is 25.6 Å². The Balaban J connectivity index is 1.46. The lowest BCUT2D eigenvalue weighted by Gasteiger charge is -2.47. The van der Waals surface area contributed by atoms with E-state index in [0.29, 0.717) is 29.4 Å². The summed E-state index contributed by atoms with van der Waals surface area (Å²) in [5.74, 6) is -0.323. The zero-order valence-electron chi connectivity index (χ0n) is 21.2. The van der Waals surface area contributed by atoms with Gasteiger partial charge < -0.3 is 0 Å². The Morgan fingerprint density at radius 1 is 1.10 bits per heavy atom. The summed E-state index contributed by atoms with van der Waals surface area (Å²) in [5, 5.41) is 1.86. The molecule has 1 spiro atoms. The maximum atomic E-state index is 12.3. The number of fused-ring (bicyclic) bond motifs is 3. The number of thioether (sulfide) groups is 1. The molecule has 2 N–H and O–H groups in total. The molecule has 3 heterocycles. The molecule has 0 radical (unpaired) electrons. The van der Waals surface area contributed by atoms with Crippen LogP contribution in [0.3, 0.4) is 0 Å². The number of thiophene rings is 1. The number of benzene rings is 2. The third-order valence-electron chi connectivity index (χ3n) is 7.12. The Hall–Kier alpha value is -1.67. The highest BCUT2D eigenvalue weighted by Gasteiger charge is 2.61. The number of rotatable bonds is 8. The van der Waals surface area contributed by atoms with Crippen molar-refractivity contribution in [1.29, 1.82) is 0 Å². The van der Waals surface area contributed by atoms with Crippen LogP contribution in [0.5, 0.6) is 0 Å². The Labute approximate surface area is 251 Å². The molecular formula is C27H26Cl2NO6S4+. The standard InChI is InChI=1S/C27H25Cl2NO6S4/c1-17(4-8-23-20(3-2-14-39(31,32)33)21-15-18(28)6-9-24(21)37-23)5-11-26-30(13-12-27(30)40(34,35)36)22-16-19(29)7-10-25(22)38-26/h4-11,15-16,27H,2-3,12-14H2,1H3,(H-,31,32,33,34,35,36)/p+1. The van der Waals surface area contributed by atoms with Crippen LogP contribution in [-0.2, 0) is 26.7 Å². The van der Waals surface area contributed by atoms with Crippen LogP contribution in [0.1, 0.15) is 30.2 Å². The van der Waals surface area contributed by atoms with Crippen LogP contribution >= 0.6 is 46.3 Å². The fourth-order valence-electron chi connectivity index (χ4n) is 5.19. The lowest BCUT2D eigenvalue weighted by atomic mass is 10.1. The second-order valence-electron chi connectivity index (χ2n) is 9.79. The molecule has 0 amide bonds. The van der Waals surface area contributed by atoms with Gasteiger partial charge in [0.1, 0.15) is 0 Å². The number of hydrogen-bond donors (Lipinski definition) is 2. The van der Waals surface area contributed by atoms with Crippen molar-refractivity contribution in [2.45, 2.75) is 36.5 Å². The van der Waals surface area contributed by atoms with Crippen LogP contribution in [0.2, 0.25) is 10.0 Å². The first-order valence-electron chi connectivity index (χ1n) is 12.3. The summed E-state index contributed by atoms with van der Waals surface area (Å²) >= 11 is 15.5. The first-order valence-corrected chi connectivity index (χ1v) is 17.8. The monoisotopic (exact) mass is 658 g/mol. The minimum atomic E-state index is -4.29. The molecule has 2 unspecified atom stereocenters. The Morgan fingerprint density at radius 2 is 1.82 bits per heavy atom. The van der Waals surface area contributed by atoms with Crippen LogP contribution in [0.25, 0.3) is 16.2 Å². The van der Waals surface area contributed by atoms with Crippen LogP contribution in [0.15, 0.2) is 70.1 Å². The van der Waals surface area contributed by atoms with Crippen molar-refractivity contribution < 1.29 is 25.9 Å². The number of aryl methyl sites for hydroxylation is 1. The van der Waals surface area contributed by atoms with Gasteiger partial charge >= 0.3 is 10.1 Å². The van der Waals surface area contributed by atoms with Crippen LogP contribution in [-0.4, -0.2) is 43.6 Å². The summed E-state index contributed by atoms with van der Waals surface area (Å²) in [6.07, 6.45) is 8.80. The van der Waals surface area contributed by atoms with Crippen molar-refractivity contribution in [3.63, 3.8) is 0 Å². The van der Waals surface area contributed by atoms with Gasteiger partial charge in [-0.15, -0.1) is 11.3 Å². The van der Waals surface area contributed by atoms with E-state index in [0.717, 1.165) is 41.7 Å². The molecule has 0 aliphatic carbocycles. The Kier molecular flexibility index (Phi) is 8.35. The van der Waals surface area contributed by atoms with Gasteiger partial charge in [-0.05, 0) is 78.9 Å². The molecule has 5 rings (SSSR count). The molecule has 2 aliphatic heterocycles. The maximum Gasteiger partial charge on any atom is 0.320 e. The van der Waals surface area contributed by atoms with Gasteiger partial charge in [-0.2, -0.15) is 16.8 Å². The third kappa shape index (κ3) is 5.95. The molecule has 40 heavy (non-hydrogen) atoms. The molecule has 1 saturated heterocycles. The van der Waals surface area contributed by atoms with Gasteiger partial charge in [-0.1, -0.05) is 40.9 Å². The summed E-state index contributed by atoms with van der Waals surface area (Å²) in [6.45, 7) is 2.47. The first-order chi connectivity index (χ1) is 18.8. The van der Waals surface area contributed by atoms with Crippen LogP contribution in [0, 0.1) is 0 Å². The number of nitrogens with zero attached hydrogens (tertiary/aromatic N) is 1. The molecule has 7 nitrogen and oxygen atoms in total. The second-order valence-corrected chi connectivity index (χ2v) is 16.0. The summed E-state index contributed by atoms with van der Waals surface area (Å²) in [5.41, 5.74) is 2.65. The van der Waals surface area contributed by atoms with Gasteiger partial charge in [0.2, 0.25) is 5.37 Å². The molecule has 3 aromatic rings. The Morgan fingerprint density at radius 3 is 2.50 bits per heavy atom. The van der Waals surface area contributed by atoms with E-state index in [9.17, 15) is 21.4 Å². The molecule has 2 atom stereocenters. The topological polar surface area (TPSA) is 109 Å². The molecule has 212 valence electrons. The molecule has 1 fully saturated rings. The highest BCUT2D eigenvalue weighted by molar-refractivity contribution is 8.03. The number of allylic oxidation sites excluding steroid dienone is 4. The lowest BCUT2D eigenvalue weighted by molar-refractivity contribution is 0.204. The molecule has 0 bridgehead atoms. The van der Waals surface area contributed by atoms with Crippen molar-refractivity contribution >= 4 is 88.4 Å². The van der Waals surface area contributed by atoms with Crippen molar-refractivity contribution in [2.24, 2.45) is 0 Å². The highest BCUT2D eigenvalue weighted by Crippen LogP contribution is 2.58. The van der Waals surface area contributed by atoms with Crippen molar-refractivity contribution in [2.75, 3.05) is 12.3 Å². The van der Waals surface area contributed by atoms with Crippen LogP contribution < -0.4 is 4.48 Å². The fraction of sp³-hybridized carbons (Fsp3) is 0.259. The average molecular weight is 660 g/mol. The Bertz CT molecular complexity index is 1810. The summed E-state index contributed by atoms with van der Waals surface area (Å²) in [6, 6.07) is 11.0. The van der Waals surface area contributed by atoms with E-state index in [4.69, 9.17) is 27.8 Å². The fourth-order valence-corrected chi connectivity index (χ4v) is 9.74. The molecule has 2 aliphatic rings. The summed E-state index contributed by atoms with van der Waals surface area (Å²) in [4.78, 5) is 1.87. The molecule has 0 saturated carbocycles. The summed E-state index contributed by atoms with van der Waals surface area (Å²) in [7, 11) is -8.35. The molecule has 13 heteroatoms. The van der Waals surface area contributed by atoms with Crippen LogP contribution in [0.4, 0.5) is 5.69 Å². The molecular weight excluding hydrogens is 633 g/mol. The minimum Gasteiger partial charge on any atom is -0.286 e. The van der Waals surface area contributed by atoms with Gasteiger partial charge in [-0.3, -0.25) is 9.11 Å². The van der Waals surface area contributed by atoms with Crippen molar-refractivity contribution in [3.8, 4) is 0 Å². The minimum absolute atomic E-state index is 0.0296. The van der Waals surface area contributed by atoms with E-state index in [2.05, 4.69) is 0 Å². The summed E-state index contributed by atoms with van der Waals surface area (Å²) < 4.78 is 67.2.